The van der Waals surface area contributed by atoms with E-state index in [4.69, 9.17) is 10.00 Å². The first kappa shape index (κ1) is 17.6. The van der Waals surface area contributed by atoms with Crippen molar-refractivity contribution in [2.45, 2.75) is 20.0 Å². The minimum Gasteiger partial charge on any atom is -0.481 e. The molecule has 1 unspecified atom stereocenters. The summed E-state index contributed by atoms with van der Waals surface area (Å²) in [5.41, 5.74) is 3.18. The molecule has 3 rings (SSSR count). The van der Waals surface area contributed by atoms with Crippen LogP contribution in [0.3, 0.4) is 0 Å². The highest BCUT2D eigenvalue weighted by Gasteiger charge is 2.15. The molecule has 0 bridgehead atoms. The lowest BCUT2D eigenvalue weighted by atomic mass is 10.1. The predicted molar refractivity (Wildman–Crippen MR) is 102 cm³/mol. The molecule has 0 aliphatic carbocycles. The van der Waals surface area contributed by atoms with E-state index in [0.717, 1.165) is 16.3 Å². The average molecular weight is 363 g/mol. The summed E-state index contributed by atoms with van der Waals surface area (Å²) in [5, 5.41) is 14.7. The van der Waals surface area contributed by atoms with Crippen LogP contribution in [0.2, 0.25) is 0 Å². The maximum absolute atomic E-state index is 12.3. The van der Waals surface area contributed by atoms with Gasteiger partial charge < -0.3 is 10.1 Å². The van der Waals surface area contributed by atoms with Crippen LogP contribution in [0.5, 0.6) is 5.75 Å². The third kappa shape index (κ3) is 4.26. The molecule has 0 aliphatic heterocycles. The Morgan fingerprint density at radius 2 is 1.88 bits per heavy atom. The number of hydrogen-bond donors (Lipinski definition) is 1. The van der Waals surface area contributed by atoms with Crippen molar-refractivity contribution in [1.82, 2.24) is 4.98 Å². The van der Waals surface area contributed by atoms with Gasteiger partial charge in [-0.25, -0.2) is 4.98 Å². The second-order valence-electron chi connectivity index (χ2n) is 5.71. The lowest BCUT2D eigenvalue weighted by molar-refractivity contribution is -0.122. The van der Waals surface area contributed by atoms with Crippen LogP contribution in [0, 0.1) is 18.3 Å². The second-order valence-corrected chi connectivity index (χ2v) is 6.78. The van der Waals surface area contributed by atoms with E-state index < -0.39 is 6.10 Å². The third-order valence-corrected chi connectivity index (χ3v) is 4.51. The molecule has 0 saturated heterocycles. The maximum Gasteiger partial charge on any atom is 0.265 e. The topological polar surface area (TPSA) is 75.0 Å². The molecule has 0 fully saturated rings. The summed E-state index contributed by atoms with van der Waals surface area (Å²) in [4.78, 5) is 16.7. The van der Waals surface area contributed by atoms with Crippen molar-refractivity contribution >= 4 is 22.9 Å². The van der Waals surface area contributed by atoms with E-state index in [1.54, 1.807) is 42.5 Å². The fourth-order valence-electron chi connectivity index (χ4n) is 2.33. The van der Waals surface area contributed by atoms with Crippen LogP contribution in [0.4, 0.5) is 5.69 Å². The minimum absolute atomic E-state index is 0.244. The van der Waals surface area contributed by atoms with E-state index >= 15 is 0 Å². The third-order valence-electron chi connectivity index (χ3n) is 3.73. The smallest absolute Gasteiger partial charge is 0.265 e. The largest absolute Gasteiger partial charge is 0.481 e. The highest BCUT2D eigenvalue weighted by Crippen LogP contribution is 2.23. The number of nitrogens with one attached hydrogen (secondary N) is 1. The van der Waals surface area contributed by atoms with E-state index in [2.05, 4.69) is 10.3 Å². The molecule has 3 aromatic rings. The van der Waals surface area contributed by atoms with E-state index in [1.807, 2.05) is 42.6 Å². The molecular weight excluding hydrogens is 346 g/mol. The quantitative estimate of drug-likeness (QED) is 0.729. The van der Waals surface area contributed by atoms with Crippen molar-refractivity contribution in [3.63, 3.8) is 0 Å². The Kier molecular flexibility index (Phi) is 5.30. The summed E-state index contributed by atoms with van der Waals surface area (Å²) in [6, 6.07) is 16.2. The van der Waals surface area contributed by atoms with Crippen LogP contribution in [0.15, 0.2) is 53.9 Å². The zero-order valence-corrected chi connectivity index (χ0v) is 15.2. The first-order valence-electron chi connectivity index (χ1n) is 8.05. The van der Waals surface area contributed by atoms with E-state index in [0.29, 0.717) is 17.0 Å². The van der Waals surface area contributed by atoms with Gasteiger partial charge in [0.2, 0.25) is 0 Å². The zero-order valence-electron chi connectivity index (χ0n) is 14.4. The van der Waals surface area contributed by atoms with Gasteiger partial charge in [0, 0.05) is 16.6 Å². The van der Waals surface area contributed by atoms with Crippen LogP contribution in [-0.4, -0.2) is 17.0 Å². The molecule has 1 aromatic heterocycles. The Hall–Kier alpha value is -3.17. The van der Waals surface area contributed by atoms with Crippen molar-refractivity contribution in [3.8, 4) is 23.1 Å². The van der Waals surface area contributed by atoms with Crippen molar-refractivity contribution in [1.29, 1.82) is 5.26 Å². The van der Waals surface area contributed by atoms with Crippen molar-refractivity contribution in [2.75, 3.05) is 5.32 Å². The Labute approximate surface area is 155 Å². The number of rotatable bonds is 5. The number of amides is 1. The molecule has 1 amide bonds. The zero-order chi connectivity index (χ0) is 18.5. The summed E-state index contributed by atoms with van der Waals surface area (Å²) >= 11 is 1.61. The van der Waals surface area contributed by atoms with E-state index in [1.165, 1.54) is 0 Å². The Morgan fingerprint density at radius 1 is 1.19 bits per heavy atom. The summed E-state index contributed by atoms with van der Waals surface area (Å²) in [6.45, 7) is 3.65. The van der Waals surface area contributed by atoms with Crippen LogP contribution >= 0.6 is 11.3 Å². The Morgan fingerprint density at radius 3 is 2.46 bits per heavy atom. The number of nitriles is 1. The minimum atomic E-state index is -0.663. The maximum atomic E-state index is 12.3. The fourth-order valence-corrected chi connectivity index (χ4v) is 2.95. The van der Waals surface area contributed by atoms with Crippen molar-refractivity contribution in [3.05, 3.63) is 64.5 Å². The second kappa shape index (κ2) is 7.81. The van der Waals surface area contributed by atoms with E-state index in [9.17, 15) is 4.79 Å². The lowest BCUT2D eigenvalue weighted by Gasteiger charge is -2.15. The highest BCUT2D eigenvalue weighted by molar-refractivity contribution is 7.09. The number of ether oxygens (including phenoxy) is 1. The van der Waals surface area contributed by atoms with Gasteiger partial charge in [-0.05, 0) is 50.2 Å². The van der Waals surface area contributed by atoms with Crippen molar-refractivity contribution < 1.29 is 9.53 Å². The van der Waals surface area contributed by atoms with Crippen molar-refractivity contribution in [2.24, 2.45) is 0 Å². The molecule has 0 spiro atoms. The van der Waals surface area contributed by atoms with Gasteiger partial charge in [0.15, 0.2) is 6.10 Å². The molecule has 2 aromatic carbocycles. The van der Waals surface area contributed by atoms with Crippen LogP contribution in [0.25, 0.3) is 11.3 Å². The van der Waals surface area contributed by atoms with Crippen LogP contribution in [0.1, 0.15) is 17.5 Å². The molecule has 0 radical (unpaired) electrons. The number of carbonyl (C=O) groups is 1. The van der Waals surface area contributed by atoms with Gasteiger partial charge in [0.05, 0.1) is 22.3 Å². The molecule has 0 aliphatic rings. The number of carbonyl (C=O) groups excluding carboxylic acids is 1. The number of hydrogen-bond acceptors (Lipinski definition) is 5. The molecule has 26 heavy (non-hydrogen) atoms. The molecule has 1 N–H and O–H groups in total. The van der Waals surface area contributed by atoms with Gasteiger partial charge in [-0.15, -0.1) is 11.3 Å². The van der Waals surface area contributed by atoms with E-state index in [-0.39, 0.29) is 5.91 Å². The molecule has 6 heteroatoms. The molecule has 1 heterocycles. The van der Waals surface area contributed by atoms with Crippen LogP contribution in [-0.2, 0) is 4.79 Å². The Balaban J connectivity index is 1.60. The number of nitrogens with zero attached hydrogens (tertiary/aromatic N) is 2. The molecule has 130 valence electrons. The fraction of sp³-hybridized carbons (Fsp3) is 0.150. The van der Waals surface area contributed by atoms with Gasteiger partial charge in [-0.1, -0.05) is 12.1 Å². The predicted octanol–water partition coefficient (Wildman–Crippen LogP) is 4.40. The first-order valence-corrected chi connectivity index (χ1v) is 8.93. The first-order chi connectivity index (χ1) is 12.5. The van der Waals surface area contributed by atoms with Gasteiger partial charge in [0.25, 0.3) is 5.91 Å². The average Bonchev–Trinajstić information content (AvgIpc) is 3.09. The molecule has 1 atom stereocenters. The number of thiazole rings is 1. The number of aryl methyl sites for hydroxylation is 1. The molecular formula is C20H17N3O2S. The summed E-state index contributed by atoms with van der Waals surface area (Å²) in [5.74, 6) is 0.299. The summed E-state index contributed by atoms with van der Waals surface area (Å²) in [6.07, 6.45) is -0.663. The molecule has 0 saturated carbocycles. The van der Waals surface area contributed by atoms with Crippen LogP contribution < -0.4 is 10.1 Å². The molecule has 5 nitrogen and oxygen atoms in total. The highest BCUT2D eigenvalue weighted by atomic mass is 32.1. The van der Waals surface area contributed by atoms with Gasteiger partial charge in [-0.3, -0.25) is 4.79 Å². The lowest BCUT2D eigenvalue weighted by Crippen LogP contribution is -2.30. The summed E-state index contributed by atoms with van der Waals surface area (Å²) < 4.78 is 5.61. The SMILES string of the molecule is Cc1nc(-c2ccc(NC(=O)C(C)Oc3ccc(C#N)cc3)cc2)cs1. The standard InChI is InChI=1S/C20H17N3O2S/c1-13(25-18-9-3-15(11-21)4-10-18)20(24)23-17-7-5-16(6-8-17)19-12-26-14(2)22-19/h3-10,12-13H,1-2H3,(H,23,24). The Bertz CT molecular complexity index is 940. The van der Waals surface area contributed by atoms with Gasteiger partial charge in [-0.2, -0.15) is 5.26 Å². The van der Waals surface area contributed by atoms with Gasteiger partial charge in [0.1, 0.15) is 5.75 Å². The normalized spacial score (nSPS) is 11.4. The summed E-state index contributed by atoms with van der Waals surface area (Å²) in [7, 11) is 0. The number of anilines is 1. The van der Waals surface area contributed by atoms with Gasteiger partial charge >= 0.3 is 0 Å². The number of benzene rings is 2. The number of aromatic nitrogens is 1. The monoisotopic (exact) mass is 363 g/mol.